The second-order valence-corrected chi connectivity index (χ2v) is 9.96. The standard InChI is InChI=1S/C21H24N4O4S/c1-15-13-19(25(23-15)18-10-12-30(28,29)14-18)22-20(26)9-6-16-4-7-17(8-5-16)24-11-2-3-21(24)27/h4-9,13,18H,2-3,10-12,14H2,1H3,(H,22,26)/b9-6+. The molecule has 1 N–H and O–H groups in total. The number of anilines is 2. The fraction of sp³-hybridized carbons (Fsp3) is 0.381. The first-order valence-electron chi connectivity index (χ1n) is 9.97. The largest absolute Gasteiger partial charge is 0.312 e. The van der Waals surface area contributed by atoms with Crippen LogP contribution in [0, 0.1) is 6.92 Å². The molecule has 2 aliphatic heterocycles. The molecule has 2 fully saturated rings. The summed E-state index contributed by atoms with van der Waals surface area (Å²) in [5.74, 6) is 0.490. The van der Waals surface area contributed by atoms with Gasteiger partial charge in [0.2, 0.25) is 11.8 Å². The number of sulfone groups is 1. The molecule has 2 aliphatic rings. The molecule has 1 unspecified atom stereocenters. The van der Waals surface area contributed by atoms with Gasteiger partial charge in [-0.2, -0.15) is 5.10 Å². The molecule has 2 aromatic rings. The zero-order valence-corrected chi connectivity index (χ0v) is 17.6. The Kier molecular flexibility index (Phi) is 5.46. The lowest BCUT2D eigenvalue weighted by Gasteiger charge is -2.15. The Labute approximate surface area is 175 Å². The van der Waals surface area contributed by atoms with Crippen molar-refractivity contribution in [2.45, 2.75) is 32.2 Å². The molecule has 30 heavy (non-hydrogen) atoms. The van der Waals surface area contributed by atoms with Crippen LogP contribution in [0.25, 0.3) is 6.08 Å². The van der Waals surface area contributed by atoms with Crippen LogP contribution in [0.3, 0.4) is 0 Å². The molecule has 158 valence electrons. The van der Waals surface area contributed by atoms with E-state index in [-0.39, 0.29) is 29.4 Å². The Morgan fingerprint density at radius 3 is 2.67 bits per heavy atom. The predicted octanol–water partition coefficient (Wildman–Crippen LogP) is 2.33. The van der Waals surface area contributed by atoms with Gasteiger partial charge in [0.05, 0.1) is 23.2 Å². The number of hydrogen-bond acceptors (Lipinski definition) is 5. The fourth-order valence-corrected chi connectivity index (χ4v) is 5.57. The topological polar surface area (TPSA) is 101 Å². The van der Waals surface area contributed by atoms with Gasteiger partial charge in [-0.05, 0) is 43.5 Å². The number of hydrogen-bond donors (Lipinski definition) is 1. The highest BCUT2D eigenvalue weighted by atomic mass is 32.2. The third-order valence-corrected chi connectivity index (χ3v) is 7.12. The van der Waals surface area contributed by atoms with Gasteiger partial charge in [0.25, 0.3) is 0 Å². The summed E-state index contributed by atoms with van der Waals surface area (Å²) in [6.07, 6.45) is 5.08. The molecular formula is C21H24N4O4S. The molecule has 2 saturated heterocycles. The van der Waals surface area contributed by atoms with E-state index in [0.29, 0.717) is 24.4 Å². The number of nitrogens with one attached hydrogen (secondary N) is 1. The molecule has 0 spiro atoms. The second-order valence-electron chi connectivity index (χ2n) is 7.74. The van der Waals surface area contributed by atoms with Crippen LogP contribution >= 0.6 is 0 Å². The van der Waals surface area contributed by atoms with Gasteiger partial charge in [0, 0.05) is 30.8 Å². The molecule has 8 nitrogen and oxygen atoms in total. The number of benzene rings is 1. The predicted molar refractivity (Wildman–Crippen MR) is 115 cm³/mol. The van der Waals surface area contributed by atoms with Crippen LogP contribution in [0.4, 0.5) is 11.5 Å². The van der Waals surface area contributed by atoms with Crippen molar-refractivity contribution in [3.63, 3.8) is 0 Å². The van der Waals surface area contributed by atoms with Gasteiger partial charge in [-0.15, -0.1) is 0 Å². The minimum Gasteiger partial charge on any atom is -0.312 e. The lowest BCUT2D eigenvalue weighted by molar-refractivity contribution is -0.117. The van der Waals surface area contributed by atoms with Crippen LogP contribution < -0.4 is 10.2 Å². The first-order valence-corrected chi connectivity index (χ1v) is 11.8. The Bertz CT molecular complexity index is 1100. The minimum absolute atomic E-state index is 0.0404. The van der Waals surface area contributed by atoms with Gasteiger partial charge in [-0.25, -0.2) is 13.1 Å². The average Bonchev–Trinajstić information content (AvgIpc) is 3.39. The fourth-order valence-electron chi connectivity index (χ4n) is 3.88. The molecule has 1 aromatic heterocycles. The zero-order valence-electron chi connectivity index (χ0n) is 16.7. The lowest BCUT2D eigenvalue weighted by Crippen LogP contribution is -2.23. The molecule has 9 heteroatoms. The second kappa shape index (κ2) is 8.06. The smallest absolute Gasteiger partial charge is 0.249 e. The molecule has 2 amide bonds. The zero-order chi connectivity index (χ0) is 21.3. The molecular weight excluding hydrogens is 404 g/mol. The maximum Gasteiger partial charge on any atom is 0.249 e. The summed E-state index contributed by atoms with van der Waals surface area (Å²) in [6.45, 7) is 2.55. The summed E-state index contributed by atoms with van der Waals surface area (Å²) in [5.41, 5.74) is 2.42. The normalized spacial score (nSPS) is 20.9. The van der Waals surface area contributed by atoms with Crippen molar-refractivity contribution in [1.29, 1.82) is 0 Å². The Morgan fingerprint density at radius 1 is 1.27 bits per heavy atom. The monoisotopic (exact) mass is 428 g/mol. The number of carbonyl (C=O) groups is 2. The van der Waals surface area contributed by atoms with Crippen molar-refractivity contribution in [3.8, 4) is 0 Å². The van der Waals surface area contributed by atoms with E-state index in [1.807, 2.05) is 24.3 Å². The molecule has 3 heterocycles. The van der Waals surface area contributed by atoms with Crippen molar-refractivity contribution in [2.24, 2.45) is 0 Å². The highest BCUT2D eigenvalue weighted by Gasteiger charge is 2.31. The number of nitrogens with zero attached hydrogens (tertiary/aromatic N) is 3. The SMILES string of the molecule is Cc1cc(NC(=O)/C=C/c2ccc(N3CCCC3=O)cc2)n(C2CCS(=O)(=O)C2)n1. The van der Waals surface area contributed by atoms with E-state index < -0.39 is 9.84 Å². The van der Waals surface area contributed by atoms with E-state index in [9.17, 15) is 18.0 Å². The third kappa shape index (κ3) is 4.46. The summed E-state index contributed by atoms with van der Waals surface area (Å²) < 4.78 is 25.2. The number of carbonyl (C=O) groups excluding carboxylic acids is 2. The molecule has 4 rings (SSSR count). The summed E-state index contributed by atoms with van der Waals surface area (Å²) in [6, 6.07) is 8.95. The maximum atomic E-state index is 12.4. The summed E-state index contributed by atoms with van der Waals surface area (Å²) >= 11 is 0. The Morgan fingerprint density at radius 2 is 2.03 bits per heavy atom. The van der Waals surface area contributed by atoms with E-state index in [0.717, 1.165) is 24.2 Å². The Hall–Kier alpha value is -2.94. The van der Waals surface area contributed by atoms with Crippen LogP contribution in [-0.2, 0) is 19.4 Å². The van der Waals surface area contributed by atoms with Crippen molar-refractivity contribution >= 4 is 39.2 Å². The highest BCUT2D eigenvalue weighted by Crippen LogP contribution is 2.27. The minimum atomic E-state index is -3.05. The van der Waals surface area contributed by atoms with Crippen LogP contribution in [0.2, 0.25) is 0 Å². The van der Waals surface area contributed by atoms with Gasteiger partial charge in [-0.3, -0.25) is 9.59 Å². The lowest BCUT2D eigenvalue weighted by atomic mass is 10.2. The van der Waals surface area contributed by atoms with Crippen molar-refractivity contribution < 1.29 is 18.0 Å². The molecule has 1 aromatic carbocycles. The van der Waals surface area contributed by atoms with Crippen LogP contribution in [0.15, 0.2) is 36.4 Å². The van der Waals surface area contributed by atoms with Crippen LogP contribution in [-0.4, -0.2) is 48.1 Å². The molecule has 0 radical (unpaired) electrons. The van der Waals surface area contributed by atoms with E-state index in [2.05, 4.69) is 10.4 Å². The van der Waals surface area contributed by atoms with Crippen molar-refractivity contribution in [1.82, 2.24) is 9.78 Å². The van der Waals surface area contributed by atoms with Crippen LogP contribution in [0.1, 0.15) is 36.6 Å². The summed E-state index contributed by atoms with van der Waals surface area (Å²) in [7, 11) is -3.05. The van der Waals surface area contributed by atoms with Gasteiger partial charge in [-0.1, -0.05) is 12.1 Å². The number of amides is 2. The highest BCUT2D eigenvalue weighted by molar-refractivity contribution is 7.91. The third-order valence-electron chi connectivity index (χ3n) is 5.37. The summed E-state index contributed by atoms with van der Waals surface area (Å²) in [4.78, 5) is 26.0. The Balaban J connectivity index is 1.41. The first kappa shape index (κ1) is 20.3. The summed E-state index contributed by atoms with van der Waals surface area (Å²) in [5, 5.41) is 7.16. The average molecular weight is 429 g/mol. The van der Waals surface area contributed by atoms with Gasteiger partial charge >= 0.3 is 0 Å². The van der Waals surface area contributed by atoms with Gasteiger partial charge < -0.3 is 10.2 Å². The quantitative estimate of drug-likeness (QED) is 0.737. The van der Waals surface area contributed by atoms with Gasteiger partial charge in [0.1, 0.15) is 5.82 Å². The van der Waals surface area contributed by atoms with E-state index in [1.54, 1.807) is 28.6 Å². The molecule has 0 bridgehead atoms. The number of rotatable bonds is 5. The first-order chi connectivity index (χ1) is 14.3. The maximum absolute atomic E-state index is 12.4. The molecule has 0 saturated carbocycles. The van der Waals surface area contributed by atoms with Crippen LogP contribution in [0.5, 0.6) is 0 Å². The van der Waals surface area contributed by atoms with Crippen molar-refractivity contribution in [3.05, 3.63) is 47.7 Å². The van der Waals surface area contributed by atoms with E-state index >= 15 is 0 Å². The molecule has 1 atom stereocenters. The number of aromatic nitrogens is 2. The molecule has 0 aliphatic carbocycles. The van der Waals surface area contributed by atoms with E-state index in [4.69, 9.17) is 0 Å². The number of aryl methyl sites for hydroxylation is 1. The van der Waals surface area contributed by atoms with Crippen molar-refractivity contribution in [2.75, 3.05) is 28.3 Å². The van der Waals surface area contributed by atoms with Gasteiger partial charge in [0.15, 0.2) is 9.84 Å². The van der Waals surface area contributed by atoms with E-state index in [1.165, 1.54) is 6.08 Å².